The largest absolute Gasteiger partial charge is 0.377 e. The molecule has 7 rings (SSSR count). The maximum Gasteiger partial charge on any atom is 0.262 e. The lowest BCUT2D eigenvalue weighted by Gasteiger charge is -2.14. The second kappa shape index (κ2) is 60.0. The zero-order valence-electron chi connectivity index (χ0n) is 60.5. The molecule has 3 N–H and O–H groups in total. The number of aldehydes is 1. The van der Waals surface area contributed by atoms with Crippen molar-refractivity contribution in [1.82, 2.24) is 25.1 Å². The van der Waals surface area contributed by atoms with Crippen LogP contribution in [0.15, 0.2) is 125 Å². The number of aromatic amines is 1. The maximum absolute atomic E-state index is 12.3. The van der Waals surface area contributed by atoms with Gasteiger partial charge in [0.25, 0.3) is 5.56 Å². The minimum Gasteiger partial charge on any atom is -0.377 e. The first-order valence-corrected chi connectivity index (χ1v) is 36.7. The second-order valence-corrected chi connectivity index (χ2v) is 26.3. The number of unbranched alkanes of at least 4 members (excludes halogenated alkanes) is 1. The number of carbonyl (C=O) groups excluding carboxylic acids is 5. The molecule has 1 saturated heterocycles. The van der Waals surface area contributed by atoms with Gasteiger partial charge in [-0.2, -0.15) is 0 Å². The van der Waals surface area contributed by atoms with Crippen molar-refractivity contribution in [2.45, 2.75) is 178 Å². The van der Waals surface area contributed by atoms with Crippen LogP contribution in [0.25, 0.3) is 21.7 Å². The third kappa shape index (κ3) is 43.9. The Bertz CT molecular complexity index is 3140. The number of halogens is 2. The van der Waals surface area contributed by atoms with Crippen molar-refractivity contribution in [2.75, 3.05) is 79.0 Å². The van der Waals surface area contributed by atoms with E-state index in [1.165, 1.54) is 62.3 Å². The normalized spacial score (nSPS) is 11.6. The molecule has 6 aromatic rings. The van der Waals surface area contributed by atoms with E-state index in [4.69, 9.17) is 59.2 Å². The fraction of sp³-hybridized carbons (Fsp3) is 0.526. The summed E-state index contributed by atoms with van der Waals surface area (Å²) in [5.41, 5.74) is 5.03. The van der Waals surface area contributed by atoms with Crippen molar-refractivity contribution in [3.05, 3.63) is 168 Å². The SMILES string of the molecule is C=C(C)SC(C)c1ccccc1.CC=O.CCC.CCC(C)CCCC(C)C.CCCCc1cc(Cl)c(Cl)cc1C(=O)CCC.CCn1c(=S)[nH]c2cc3ccccc3cc2c1=O.O=C(Cc1ccccc1)N1CCCC1.O=CNCCOCCOCCOCCOCCNC=O. The van der Waals surface area contributed by atoms with Crippen molar-refractivity contribution < 1.29 is 42.9 Å². The Morgan fingerprint density at radius 1 is 0.691 bits per heavy atom. The van der Waals surface area contributed by atoms with Crippen LogP contribution in [0.4, 0.5) is 0 Å². The smallest absolute Gasteiger partial charge is 0.262 e. The predicted octanol–water partition coefficient (Wildman–Crippen LogP) is 18.4. The molecule has 19 heteroatoms. The number of hydrogen-bond acceptors (Lipinski definition) is 12. The second-order valence-electron chi connectivity index (χ2n) is 23.4. The molecular formula is C78H117Cl2N5O10S2. The van der Waals surface area contributed by atoms with Crippen LogP contribution in [-0.4, -0.2) is 124 Å². The highest BCUT2D eigenvalue weighted by Crippen LogP contribution is 2.32. The van der Waals surface area contributed by atoms with E-state index in [1.54, 1.807) is 10.6 Å². The number of amides is 3. The van der Waals surface area contributed by atoms with Crippen molar-refractivity contribution in [1.29, 1.82) is 0 Å². The topological polar surface area (TPSA) is 187 Å². The number of allylic oxidation sites excluding steroid dienone is 1. The van der Waals surface area contributed by atoms with E-state index in [-0.39, 0.29) is 17.2 Å². The number of nitrogens with one attached hydrogen (secondary N) is 3. The summed E-state index contributed by atoms with van der Waals surface area (Å²) in [5, 5.41) is 9.36. The standard InChI is InChI=1S/C14H18Cl2O.C14H12N2OS.C12H24N2O6.C12H15NO.C11H14S.C10H22.C3H8.C2H4O/c1-3-5-7-10-8-12(15)13(16)9-11(10)14(17)6-4-2;1-2-16-13(17)11-7-9-5-3-4-6-10(9)8-12(11)15-14(16)18;15-11-13-1-3-17-5-7-19-9-10-20-8-6-18-4-2-14-12-16;14-12(13-8-4-5-9-13)10-11-6-2-1-3-7-11;1-9(2)12-10(3)11-7-5-4-6-8-11;1-5-10(4)8-6-7-9(2)3;1-3-2;1-2-3/h8-9H,3-7H2,1-2H3;3-8H,2H2,1H3,(H,15,18);11-12H,1-10H2,(H,13,15)(H,14,16);1-3,6-7H,4-5,8-10H2;4-8,10H,1H2,2-3H3;9-10H,5-8H2,1-4H3;3H2,1-2H3;2H,1H3. The van der Waals surface area contributed by atoms with Gasteiger partial charge in [0.2, 0.25) is 18.7 Å². The van der Waals surface area contributed by atoms with E-state index in [9.17, 15) is 24.0 Å². The summed E-state index contributed by atoms with van der Waals surface area (Å²) in [7, 11) is 0. The van der Waals surface area contributed by atoms with Crippen LogP contribution in [0.1, 0.15) is 186 Å². The zero-order chi connectivity index (χ0) is 72.4. The molecule has 1 aliphatic heterocycles. The maximum atomic E-state index is 12.3. The summed E-state index contributed by atoms with van der Waals surface area (Å²) in [5.74, 6) is 2.27. The summed E-state index contributed by atoms with van der Waals surface area (Å²) in [6.07, 6.45) is 16.2. The third-order valence-corrected chi connectivity index (χ3v) is 16.5. The molecule has 2 atom stereocenters. The minimum absolute atomic E-state index is 0.0259. The van der Waals surface area contributed by atoms with Gasteiger partial charge in [-0.15, -0.1) is 11.8 Å². The molecule has 1 aliphatic rings. The van der Waals surface area contributed by atoms with Crippen molar-refractivity contribution in [3.63, 3.8) is 0 Å². The van der Waals surface area contributed by atoms with Gasteiger partial charge in [-0.05, 0) is 140 Å². The number of ether oxygens (including phenoxy) is 4. The van der Waals surface area contributed by atoms with Gasteiger partial charge in [0.1, 0.15) is 6.29 Å². The van der Waals surface area contributed by atoms with Crippen LogP contribution in [-0.2, 0) is 57.5 Å². The molecule has 540 valence electrons. The Labute approximate surface area is 601 Å². The van der Waals surface area contributed by atoms with E-state index < -0.39 is 0 Å². The van der Waals surface area contributed by atoms with Crippen molar-refractivity contribution in [2.24, 2.45) is 11.8 Å². The Morgan fingerprint density at radius 3 is 1.66 bits per heavy atom. The highest BCUT2D eigenvalue weighted by atomic mass is 35.5. The van der Waals surface area contributed by atoms with Gasteiger partial charge in [-0.25, -0.2) is 0 Å². The first kappa shape index (κ1) is 91.0. The van der Waals surface area contributed by atoms with E-state index in [0.717, 1.165) is 89.9 Å². The number of hydrogen-bond donors (Lipinski definition) is 3. The fourth-order valence-electron chi connectivity index (χ4n) is 9.17. The molecule has 2 heterocycles. The van der Waals surface area contributed by atoms with Gasteiger partial charge in [0.05, 0.1) is 80.2 Å². The van der Waals surface area contributed by atoms with E-state index in [2.05, 4.69) is 102 Å². The molecule has 1 fully saturated rings. The molecule has 97 heavy (non-hydrogen) atoms. The first-order chi connectivity index (χ1) is 46.8. The molecule has 0 saturated carbocycles. The van der Waals surface area contributed by atoms with Gasteiger partial charge in [0.15, 0.2) is 10.6 Å². The lowest BCUT2D eigenvalue weighted by Crippen LogP contribution is -2.28. The van der Waals surface area contributed by atoms with Crippen LogP contribution < -0.4 is 16.2 Å². The lowest BCUT2D eigenvalue weighted by molar-refractivity contribution is -0.129. The minimum atomic E-state index is -0.0259. The predicted molar refractivity (Wildman–Crippen MR) is 411 cm³/mol. The van der Waals surface area contributed by atoms with E-state index in [0.29, 0.717) is 124 Å². The van der Waals surface area contributed by atoms with Crippen molar-refractivity contribution >= 4 is 99.7 Å². The molecule has 2 unspecified atom stereocenters. The number of benzene rings is 5. The highest BCUT2D eigenvalue weighted by molar-refractivity contribution is 8.03. The molecule has 0 radical (unpaired) electrons. The quantitative estimate of drug-likeness (QED) is 0.0114. The molecule has 1 aromatic heterocycles. The van der Waals surface area contributed by atoms with Crippen LogP contribution >= 0.6 is 47.2 Å². The molecule has 0 spiro atoms. The number of fused-ring (bicyclic) bond motifs is 2. The summed E-state index contributed by atoms with van der Waals surface area (Å²) >= 11 is 19.0. The number of Topliss-reactive ketones (excluding diaryl/α,β-unsaturated/α-hetero) is 1. The summed E-state index contributed by atoms with van der Waals surface area (Å²) in [6.45, 7) is 36.6. The average Bonchev–Trinajstić information content (AvgIpc) is 1.00. The molecule has 0 bridgehead atoms. The lowest BCUT2D eigenvalue weighted by atomic mass is 9.97. The molecular weight excluding hydrogens is 1300 g/mol. The van der Waals surface area contributed by atoms with E-state index >= 15 is 0 Å². The fourth-order valence-corrected chi connectivity index (χ4v) is 10.7. The monoisotopic (exact) mass is 1420 g/mol. The van der Waals surface area contributed by atoms with Crippen molar-refractivity contribution in [3.8, 4) is 0 Å². The van der Waals surface area contributed by atoms with Gasteiger partial charge in [-0.1, -0.05) is 209 Å². The molecule has 5 aromatic carbocycles. The van der Waals surface area contributed by atoms with Gasteiger partial charge in [-0.3, -0.25) is 28.5 Å². The number of rotatable bonds is 34. The summed E-state index contributed by atoms with van der Waals surface area (Å²) in [4.78, 5) is 70.9. The highest BCUT2D eigenvalue weighted by Gasteiger charge is 2.18. The van der Waals surface area contributed by atoms with Gasteiger partial charge in [0, 0.05) is 50.0 Å². The number of ketones is 1. The number of H-pyrrole nitrogens is 1. The Morgan fingerprint density at radius 2 is 1.19 bits per heavy atom. The zero-order valence-corrected chi connectivity index (χ0v) is 63.6. The molecule has 15 nitrogen and oxygen atoms in total. The summed E-state index contributed by atoms with van der Waals surface area (Å²) < 4.78 is 23.0. The first-order valence-electron chi connectivity index (χ1n) is 34.7. The number of thioether (sulfide) groups is 1. The Hall–Kier alpha value is -6.02. The average molecular weight is 1420 g/mol. The Kier molecular flexibility index (Phi) is 56.3. The van der Waals surface area contributed by atoms with Crippen LogP contribution in [0.2, 0.25) is 10.0 Å². The number of aromatic nitrogens is 2. The third-order valence-electron chi connectivity index (χ3n) is 14.4. The molecule has 0 aliphatic carbocycles. The Balaban J connectivity index is 0.00000113. The number of carbonyl (C=O) groups is 5. The van der Waals surface area contributed by atoms with Gasteiger partial charge < -0.3 is 44.3 Å². The number of aryl methyl sites for hydroxylation is 1. The van der Waals surface area contributed by atoms with E-state index in [1.807, 2.05) is 116 Å². The van der Waals surface area contributed by atoms with Crippen LogP contribution in [0.3, 0.4) is 0 Å². The van der Waals surface area contributed by atoms with Crippen LogP contribution in [0.5, 0.6) is 0 Å². The van der Waals surface area contributed by atoms with Crippen LogP contribution in [0, 0.1) is 16.6 Å². The number of nitrogens with zero attached hydrogens (tertiary/aromatic N) is 2. The number of likely N-dealkylation sites (tertiary alicyclic amines) is 1. The van der Waals surface area contributed by atoms with Gasteiger partial charge >= 0.3 is 0 Å². The molecule has 3 amide bonds. The summed E-state index contributed by atoms with van der Waals surface area (Å²) in [6, 6.07) is 35.9.